The van der Waals surface area contributed by atoms with E-state index in [-0.39, 0.29) is 24.5 Å². The van der Waals surface area contributed by atoms with Gasteiger partial charge in [-0.05, 0) is 13.0 Å². The fourth-order valence-corrected chi connectivity index (χ4v) is 2.45. The zero-order chi connectivity index (χ0) is 12.9. The average Bonchev–Trinajstić information content (AvgIpc) is 2.76. The Morgan fingerprint density at radius 2 is 2.33 bits per heavy atom. The summed E-state index contributed by atoms with van der Waals surface area (Å²) in [5, 5.41) is 0. The van der Waals surface area contributed by atoms with E-state index in [1.807, 2.05) is 0 Å². The number of aromatic nitrogens is 2. The molecule has 0 amide bonds. The van der Waals surface area contributed by atoms with Gasteiger partial charge in [0.2, 0.25) is 0 Å². The number of anilines is 1. The predicted octanol–water partition coefficient (Wildman–Crippen LogP) is -0.324. The Morgan fingerprint density at radius 1 is 1.56 bits per heavy atom. The highest BCUT2D eigenvalue weighted by molar-refractivity contribution is 5.79. The van der Waals surface area contributed by atoms with Crippen LogP contribution in [0.1, 0.15) is 19.6 Å². The van der Waals surface area contributed by atoms with E-state index >= 15 is 0 Å². The number of fused-ring (bicyclic) bond motifs is 1. The summed E-state index contributed by atoms with van der Waals surface area (Å²) in [5.74, 6) is -0.105. The molecule has 2 saturated heterocycles. The maximum Gasteiger partial charge on any atom is 0.351 e. The quantitative estimate of drug-likeness (QED) is 0.687. The second-order valence-electron chi connectivity index (χ2n) is 4.84. The number of nitrogens with zero attached hydrogens (tertiary/aromatic N) is 2. The van der Waals surface area contributed by atoms with Gasteiger partial charge in [0, 0.05) is 12.6 Å². The molecule has 0 aromatic carbocycles. The van der Waals surface area contributed by atoms with Crippen molar-refractivity contribution in [2.45, 2.75) is 25.7 Å². The van der Waals surface area contributed by atoms with Crippen LogP contribution in [0.4, 0.5) is 5.82 Å². The minimum atomic E-state index is -0.675. The van der Waals surface area contributed by atoms with Crippen LogP contribution in [0.15, 0.2) is 17.1 Å². The molecule has 0 saturated carbocycles. The molecule has 96 valence electrons. The molecule has 1 aromatic heterocycles. The molecule has 0 bridgehead atoms. The van der Waals surface area contributed by atoms with E-state index < -0.39 is 17.3 Å². The van der Waals surface area contributed by atoms with Crippen molar-refractivity contribution in [3.05, 3.63) is 22.7 Å². The predicted molar refractivity (Wildman–Crippen MR) is 60.5 cm³/mol. The molecule has 2 aliphatic heterocycles. The Labute approximate surface area is 103 Å². The maximum absolute atomic E-state index is 11.7. The molecule has 0 radical (unpaired) electrons. The van der Waals surface area contributed by atoms with Crippen molar-refractivity contribution in [1.82, 2.24) is 9.55 Å². The van der Waals surface area contributed by atoms with Crippen LogP contribution in [0.25, 0.3) is 0 Å². The van der Waals surface area contributed by atoms with Gasteiger partial charge in [-0.3, -0.25) is 9.36 Å². The fourth-order valence-electron chi connectivity index (χ4n) is 2.45. The van der Waals surface area contributed by atoms with E-state index in [1.54, 1.807) is 6.92 Å². The number of rotatable bonds is 1. The monoisotopic (exact) mass is 251 g/mol. The Morgan fingerprint density at radius 3 is 3.00 bits per heavy atom. The SMILES string of the molecule is CC12CC(n3ccc(N)nc3=O)O[C@@H]1COC2=O. The van der Waals surface area contributed by atoms with Crippen LogP contribution >= 0.6 is 0 Å². The molecular formula is C11H13N3O4. The molecule has 2 unspecified atom stereocenters. The van der Waals surface area contributed by atoms with Crippen LogP contribution in [-0.2, 0) is 14.3 Å². The molecule has 7 nitrogen and oxygen atoms in total. The van der Waals surface area contributed by atoms with E-state index in [1.165, 1.54) is 16.8 Å². The summed E-state index contributed by atoms with van der Waals surface area (Å²) in [4.78, 5) is 27.0. The highest BCUT2D eigenvalue weighted by Crippen LogP contribution is 2.47. The molecule has 18 heavy (non-hydrogen) atoms. The summed E-state index contributed by atoms with van der Waals surface area (Å²) in [6, 6.07) is 1.53. The number of hydrogen-bond acceptors (Lipinski definition) is 6. The first-order chi connectivity index (χ1) is 8.50. The standard InChI is InChI=1S/C11H13N3O4/c1-11-4-8(18-6(11)5-17-9(11)15)14-3-2-7(12)13-10(14)16/h2-3,6,8H,4-5H2,1H3,(H2,12,13,16)/t6-,8?,11?/m1/s1. The normalized spacial score (nSPS) is 34.4. The molecule has 1 aromatic rings. The van der Waals surface area contributed by atoms with Crippen molar-refractivity contribution in [2.24, 2.45) is 5.41 Å². The summed E-state index contributed by atoms with van der Waals surface area (Å²) < 4.78 is 12.0. The minimum absolute atomic E-state index is 0.167. The summed E-state index contributed by atoms with van der Waals surface area (Å²) in [6.45, 7) is 2.03. The third-order valence-corrected chi connectivity index (χ3v) is 3.62. The largest absolute Gasteiger partial charge is 0.462 e. The zero-order valence-corrected chi connectivity index (χ0v) is 9.83. The Bertz CT molecular complexity index is 570. The van der Waals surface area contributed by atoms with Crippen LogP contribution in [-0.4, -0.2) is 28.2 Å². The van der Waals surface area contributed by atoms with Gasteiger partial charge in [-0.1, -0.05) is 0 Å². The van der Waals surface area contributed by atoms with E-state index in [2.05, 4.69) is 4.98 Å². The molecule has 0 aliphatic carbocycles. The van der Waals surface area contributed by atoms with Crippen LogP contribution in [0.2, 0.25) is 0 Å². The summed E-state index contributed by atoms with van der Waals surface area (Å²) in [7, 11) is 0. The van der Waals surface area contributed by atoms with Gasteiger partial charge in [0.05, 0.1) is 5.41 Å². The average molecular weight is 251 g/mol. The van der Waals surface area contributed by atoms with Gasteiger partial charge < -0.3 is 15.2 Å². The Kier molecular flexibility index (Phi) is 2.21. The van der Waals surface area contributed by atoms with Crippen molar-refractivity contribution in [3.8, 4) is 0 Å². The lowest BCUT2D eigenvalue weighted by Gasteiger charge is -2.15. The molecule has 2 N–H and O–H groups in total. The zero-order valence-electron chi connectivity index (χ0n) is 9.83. The number of esters is 1. The van der Waals surface area contributed by atoms with Gasteiger partial charge in [0.1, 0.15) is 24.8 Å². The molecule has 7 heteroatoms. The minimum Gasteiger partial charge on any atom is -0.462 e. The topological polar surface area (TPSA) is 96.4 Å². The van der Waals surface area contributed by atoms with Crippen LogP contribution in [0.3, 0.4) is 0 Å². The smallest absolute Gasteiger partial charge is 0.351 e. The van der Waals surface area contributed by atoms with Gasteiger partial charge in [0.15, 0.2) is 0 Å². The summed E-state index contributed by atoms with van der Waals surface area (Å²) >= 11 is 0. The first-order valence-electron chi connectivity index (χ1n) is 5.68. The summed E-state index contributed by atoms with van der Waals surface area (Å²) in [6.07, 6.45) is 1.14. The number of hydrogen-bond donors (Lipinski definition) is 1. The van der Waals surface area contributed by atoms with Gasteiger partial charge in [-0.25, -0.2) is 4.79 Å². The van der Waals surface area contributed by atoms with Crippen molar-refractivity contribution >= 4 is 11.8 Å². The van der Waals surface area contributed by atoms with E-state index in [0.717, 1.165) is 0 Å². The number of nitrogen functional groups attached to an aromatic ring is 1. The molecule has 2 aliphatic rings. The number of carbonyl (C=O) groups excluding carboxylic acids is 1. The molecule has 3 heterocycles. The van der Waals surface area contributed by atoms with Crippen molar-refractivity contribution in [1.29, 1.82) is 0 Å². The fraction of sp³-hybridized carbons (Fsp3) is 0.545. The first kappa shape index (κ1) is 11.2. The van der Waals surface area contributed by atoms with E-state index in [0.29, 0.717) is 6.42 Å². The lowest BCUT2D eigenvalue weighted by molar-refractivity contribution is -0.145. The van der Waals surface area contributed by atoms with Crippen molar-refractivity contribution in [3.63, 3.8) is 0 Å². The van der Waals surface area contributed by atoms with Crippen molar-refractivity contribution in [2.75, 3.05) is 12.3 Å². The number of cyclic esters (lactones) is 1. The number of ether oxygens (including phenoxy) is 2. The summed E-state index contributed by atoms with van der Waals surface area (Å²) in [5.41, 5.74) is 4.28. The number of carbonyl (C=O) groups is 1. The second kappa shape index (κ2) is 3.55. The molecule has 3 atom stereocenters. The van der Waals surface area contributed by atoms with E-state index in [9.17, 15) is 9.59 Å². The molecule has 3 rings (SSSR count). The van der Waals surface area contributed by atoms with E-state index in [4.69, 9.17) is 15.2 Å². The van der Waals surface area contributed by atoms with Gasteiger partial charge in [0.25, 0.3) is 0 Å². The maximum atomic E-state index is 11.7. The molecule has 0 spiro atoms. The van der Waals surface area contributed by atoms with Gasteiger partial charge in [-0.15, -0.1) is 0 Å². The van der Waals surface area contributed by atoms with Gasteiger partial charge >= 0.3 is 11.7 Å². The van der Waals surface area contributed by atoms with Crippen LogP contribution in [0.5, 0.6) is 0 Å². The van der Waals surface area contributed by atoms with Crippen LogP contribution in [0, 0.1) is 5.41 Å². The third kappa shape index (κ3) is 1.43. The lowest BCUT2D eigenvalue weighted by atomic mass is 9.85. The van der Waals surface area contributed by atoms with Crippen molar-refractivity contribution < 1.29 is 14.3 Å². The molecular weight excluding hydrogens is 238 g/mol. The lowest BCUT2D eigenvalue weighted by Crippen LogP contribution is -2.29. The highest BCUT2D eigenvalue weighted by Gasteiger charge is 2.56. The molecule has 2 fully saturated rings. The highest BCUT2D eigenvalue weighted by atomic mass is 16.6. The number of nitrogens with two attached hydrogens (primary N) is 1. The Balaban J connectivity index is 1.93. The van der Waals surface area contributed by atoms with Crippen LogP contribution < -0.4 is 11.4 Å². The third-order valence-electron chi connectivity index (χ3n) is 3.62. The second-order valence-corrected chi connectivity index (χ2v) is 4.84. The Hall–Kier alpha value is -1.89. The first-order valence-corrected chi connectivity index (χ1v) is 5.68. The van der Waals surface area contributed by atoms with Gasteiger partial charge in [-0.2, -0.15) is 4.98 Å².